The number of aromatic nitrogens is 1. The molecule has 116 valence electrons. The first-order valence-corrected chi connectivity index (χ1v) is 7.92. The Balaban J connectivity index is 2.01. The van der Waals surface area contributed by atoms with Gasteiger partial charge in [-0.15, -0.1) is 11.3 Å². The van der Waals surface area contributed by atoms with E-state index in [0.717, 1.165) is 10.1 Å². The van der Waals surface area contributed by atoms with Crippen LogP contribution >= 0.6 is 11.3 Å². The van der Waals surface area contributed by atoms with Crippen molar-refractivity contribution < 1.29 is 14.3 Å². The largest absolute Gasteiger partial charge is 0.462 e. The summed E-state index contributed by atoms with van der Waals surface area (Å²) in [5, 5.41) is 4.08. The molecule has 2 heterocycles. The number of hydrogen-bond donors (Lipinski definition) is 1. The summed E-state index contributed by atoms with van der Waals surface area (Å²) in [6, 6.07) is 10.7. The predicted molar refractivity (Wildman–Crippen MR) is 90.0 cm³/mol. The monoisotopic (exact) mass is 326 g/mol. The molecular weight excluding hydrogens is 312 g/mol. The Bertz CT molecular complexity index is 859. The summed E-state index contributed by atoms with van der Waals surface area (Å²) < 4.78 is 6.05. The first kappa shape index (κ1) is 15.2. The lowest BCUT2D eigenvalue weighted by Gasteiger charge is -2.06. The topological polar surface area (TPSA) is 68.3 Å². The number of rotatable bonds is 4. The lowest BCUT2D eigenvalue weighted by molar-refractivity contribution is 0.0530. The maximum atomic E-state index is 12.3. The fourth-order valence-electron chi connectivity index (χ4n) is 2.22. The number of thiophene rings is 1. The smallest absolute Gasteiger partial charge is 0.341 e. The average molecular weight is 326 g/mol. The van der Waals surface area contributed by atoms with Crippen molar-refractivity contribution >= 4 is 38.3 Å². The van der Waals surface area contributed by atoms with Crippen LogP contribution in [0.15, 0.2) is 48.8 Å². The molecule has 0 spiro atoms. The van der Waals surface area contributed by atoms with E-state index < -0.39 is 5.97 Å². The zero-order chi connectivity index (χ0) is 16.2. The number of carbonyl (C=O) groups is 2. The Morgan fingerprint density at radius 1 is 1.17 bits per heavy atom. The van der Waals surface area contributed by atoms with Crippen molar-refractivity contribution in [3.05, 3.63) is 59.9 Å². The summed E-state index contributed by atoms with van der Waals surface area (Å²) >= 11 is 1.35. The minimum absolute atomic E-state index is 0.279. The van der Waals surface area contributed by atoms with Gasteiger partial charge in [0.1, 0.15) is 10.6 Å². The Morgan fingerprint density at radius 3 is 2.65 bits per heavy atom. The number of amides is 1. The van der Waals surface area contributed by atoms with E-state index in [1.165, 1.54) is 11.3 Å². The molecule has 0 atom stereocenters. The number of anilines is 1. The minimum Gasteiger partial charge on any atom is -0.462 e. The van der Waals surface area contributed by atoms with Crippen molar-refractivity contribution in [1.29, 1.82) is 0 Å². The number of hydrogen-bond acceptors (Lipinski definition) is 5. The molecule has 23 heavy (non-hydrogen) atoms. The molecule has 5 nitrogen and oxygen atoms in total. The Labute approximate surface area is 136 Å². The van der Waals surface area contributed by atoms with Crippen LogP contribution in [0.25, 0.3) is 10.1 Å². The number of nitrogens with zero attached hydrogens (tertiary/aromatic N) is 1. The van der Waals surface area contributed by atoms with Crippen LogP contribution in [0, 0.1) is 0 Å². The fourth-order valence-corrected chi connectivity index (χ4v) is 3.30. The van der Waals surface area contributed by atoms with Crippen LogP contribution in [0.5, 0.6) is 0 Å². The van der Waals surface area contributed by atoms with Gasteiger partial charge in [-0.1, -0.05) is 18.2 Å². The number of carbonyl (C=O) groups excluding carboxylic acids is 2. The lowest BCUT2D eigenvalue weighted by Crippen LogP contribution is -2.14. The summed E-state index contributed by atoms with van der Waals surface area (Å²) in [6.07, 6.45) is 3.10. The van der Waals surface area contributed by atoms with Crippen LogP contribution in [-0.2, 0) is 4.74 Å². The van der Waals surface area contributed by atoms with E-state index in [2.05, 4.69) is 10.3 Å². The van der Waals surface area contributed by atoms with E-state index in [-0.39, 0.29) is 12.5 Å². The summed E-state index contributed by atoms with van der Waals surface area (Å²) in [5.41, 5.74) is 0.877. The Hall–Kier alpha value is -2.73. The highest BCUT2D eigenvalue weighted by Crippen LogP contribution is 2.36. The molecule has 0 aliphatic heterocycles. The second kappa shape index (κ2) is 6.58. The van der Waals surface area contributed by atoms with Crippen LogP contribution in [0.2, 0.25) is 0 Å². The zero-order valence-electron chi connectivity index (χ0n) is 12.4. The molecule has 0 bridgehead atoms. The molecule has 0 fully saturated rings. The van der Waals surface area contributed by atoms with Crippen LogP contribution in [0.1, 0.15) is 27.6 Å². The van der Waals surface area contributed by atoms with Crippen molar-refractivity contribution in [2.75, 3.05) is 11.9 Å². The highest BCUT2D eigenvalue weighted by molar-refractivity contribution is 7.23. The maximum absolute atomic E-state index is 12.3. The van der Waals surface area contributed by atoms with E-state index in [4.69, 9.17) is 4.74 Å². The molecule has 0 radical (unpaired) electrons. The van der Waals surface area contributed by atoms with Crippen molar-refractivity contribution in [3.63, 3.8) is 0 Å². The third-order valence-corrected chi connectivity index (χ3v) is 4.33. The Kier molecular flexibility index (Phi) is 4.34. The lowest BCUT2D eigenvalue weighted by atomic mass is 10.1. The van der Waals surface area contributed by atoms with Gasteiger partial charge in [0.25, 0.3) is 5.91 Å². The standard InChI is InChI=1S/C17H14N2O3S/c1-2-22-17(21)14-12-5-3-4-6-13(12)23-16(14)19-15(20)11-7-9-18-10-8-11/h3-10H,2H2,1H3,(H,19,20). The minimum atomic E-state index is -0.435. The number of esters is 1. The van der Waals surface area contributed by atoms with Crippen molar-refractivity contribution in [3.8, 4) is 0 Å². The van der Waals surface area contributed by atoms with Gasteiger partial charge in [0, 0.05) is 28.0 Å². The molecule has 0 aliphatic carbocycles. The van der Waals surface area contributed by atoms with Crippen molar-refractivity contribution in [2.24, 2.45) is 0 Å². The molecule has 1 amide bonds. The molecule has 0 aliphatic rings. The van der Waals surface area contributed by atoms with E-state index in [9.17, 15) is 9.59 Å². The fraction of sp³-hybridized carbons (Fsp3) is 0.118. The van der Waals surface area contributed by atoms with Crippen LogP contribution in [-0.4, -0.2) is 23.5 Å². The van der Waals surface area contributed by atoms with Crippen LogP contribution < -0.4 is 5.32 Å². The van der Waals surface area contributed by atoms with Gasteiger partial charge in [-0.2, -0.15) is 0 Å². The summed E-state index contributed by atoms with van der Waals surface area (Å²) in [5.74, 6) is -0.723. The van der Waals surface area contributed by atoms with Crippen LogP contribution in [0.3, 0.4) is 0 Å². The normalized spacial score (nSPS) is 10.5. The van der Waals surface area contributed by atoms with Gasteiger partial charge in [-0.3, -0.25) is 9.78 Å². The van der Waals surface area contributed by atoms with Gasteiger partial charge in [0.2, 0.25) is 0 Å². The number of fused-ring (bicyclic) bond motifs is 1. The van der Waals surface area contributed by atoms with Gasteiger partial charge >= 0.3 is 5.97 Å². The first-order valence-electron chi connectivity index (χ1n) is 7.10. The molecule has 0 saturated carbocycles. The zero-order valence-corrected chi connectivity index (χ0v) is 13.2. The molecule has 3 aromatic rings. The van der Waals surface area contributed by atoms with Gasteiger partial charge in [0.15, 0.2) is 0 Å². The first-order chi connectivity index (χ1) is 11.2. The van der Waals surface area contributed by atoms with E-state index >= 15 is 0 Å². The predicted octanol–water partition coefficient (Wildman–Crippen LogP) is 3.73. The van der Waals surface area contributed by atoms with Crippen molar-refractivity contribution in [2.45, 2.75) is 6.92 Å². The molecule has 2 aromatic heterocycles. The van der Waals surface area contributed by atoms with Crippen molar-refractivity contribution in [1.82, 2.24) is 4.98 Å². The number of ether oxygens (including phenoxy) is 1. The number of nitrogens with one attached hydrogen (secondary N) is 1. The summed E-state index contributed by atoms with van der Waals surface area (Å²) in [4.78, 5) is 28.5. The van der Waals surface area contributed by atoms with E-state index in [0.29, 0.717) is 16.1 Å². The molecule has 1 aromatic carbocycles. The van der Waals surface area contributed by atoms with E-state index in [1.807, 2.05) is 24.3 Å². The molecular formula is C17H14N2O3S. The highest BCUT2D eigenvalue weighted by atomic mass is 32.1. The van der Waals surface area contributed by atoms with Gasteiger partial charge in [0.05, 0.1) is 6.61 Å². The summed E-state index contributed by atoms with van der Waals surface area (Å²) in [6.45, 7) is 2.03. The third kappa shape index (κ3) is 3.07. The number of pyridine rings is 1. The quantitative estimate of drug-likeness (QED) is 0.742. The molecule has 0 saturated heterocycles. The average Bonchev–Trinajstić information content (AvgIpc) is 2.93. The van der Waals surface area contributed by atoms with Gasteiger partial charge in [-0.05, 0) is 25.1 Å². The second-order valence-corrected chi connectivity index (χ2v) is 5.77. The van der Waals surface area contributed by atoms with E-state index in [1.54, 1.807) is 31.5 Å². The summed E-state index contributed by atoms with van der Waals surface area (Å²) in [7, 11) is 0. The maximum Gasteiger partial charge on any atom is 0.341 e. The molecule has 0 unspecified atom stereocenters. The third-order valence-electron chi connectivity index (χ3n) is 3.24. The Morgan fingerprint density at radius 2 is 1.91 bits per heavy atom. The van der Waals surface area contributed by atoms with Crippen LogP contribution in [0.4, 0.5) is 5.00 Å². The molecule has 3 rings (SSSR count). The highest BCUT2D eigenvalue weighted by Gasteiger charge is 2.21. The van der Waals surface area contributed by atoms with Gasteiger partial charge < -0.3 is 10.1 Å². The number of benzene rings is 1. The van der Waals surface area contributed by atoms with Gasteiger partial charge in [-0.25, -0.2) is 4.79 Å². The SMILES string of the molecule is CCOC(=O)c1c(NC(=O)c2ccncc2)sc2ccccc12. The molecule has 6 heteroatoms. The molecule has 1 N–H and O–H groups in total. The second-order valence-electron chi connectivity index (χ2n) is 4.71.